The van der Waals surface area contributed by atoms with Gasteiger partial charge in [-0.25, -0.2) is 12.8 Å². The number of aromatic nitrogens is 2. The standard InChI is InChI=1S/C16H13BrFN3O2S/c1-10-15(11-5-3-2-4-6-11)19-20-16(10)21-24(22,23)14-8-7-12(18)9-13(14)17/h2-9H,1H3,(H2,19,20,21). The first-order chi connectivity index (χ1) is 11.4. The Morgan fingerprint density at radius 2 is 1.88 bits per heavy atom. The summed E-state index contributed by atoms with van der Waals surface area (Å²) in [7, 11) is -3.90. The zero-order valence-electron chi connectivity index (χ0n) is 12.5. The monoisotopic (exact) mass is 409 g/mol. The summed E-state index contributed by atoms with van der Waals surface area (Å²) < 4.78 is 40.8. The maximum Gasteiger partial charge on any atom is 0.264 e. The van der Waals surface area contributed by atoms with Gasteiger partial charge in [-0.2, -0.15) is 5.10 Å². The van der Waals surface area contributed by atoms with Crippen molar-refractivity contribution < 1.29 is 12.8 Å². The highest BCUT2D eigenvalue weighted by Crippen LogP contribution is 2.29. The topological polar surface area (TPSA) is 74.8 Å². The van der Waals surface area contributed by atoms with Gasteiger partial charge in [0.25, 0.3) is 10.0 Å². The molecule has 24 heavy (non-hydrogen) atoms. The lowest BCUT2D eigenvalue weighted by Crippen LogP contribution is -2.14. The summed E-state index contributed by atoms with van der Waals surface area (Å²) in [4.78, 5) is -0.0624. The number of hydrogen-bond acceptors (Lipinski definition) is 3. The maximum absolute atomic E-state index is 13.2. The molecule has 0 unspecified atom stereocenters. The minimum atomic E-state index is -3.90. The van der Waals surface area contributed by atoms with E-state index in [1.807, 2.05) is 30.3 Å². The van der Waals surface area contributed by atoms with Crippen molar-refractivity contribution in [3.8, 4) is 11.3 Å². The van der Waals surface area contributed by atoms with E-state index in [1.54, 1.807) is 6.92 Å². The van der Waals surface area contributed by atoms with Gasteiger partial charge in [-0.3, -0.25) is 9.82 Å². The van der Waals surface area contributed by atoms with Crippen LogP contribution in [0.15, 0.2) is 57.9 Å². The van der Waals surface area contributed by atoms with Crippen LogP contribution in [0, 0.1) is 12.7 Å². The number of aromatic amines is 1. The largest absolute Gasteiger partial charge is 0.275 e. The minimum absolute atomic E-state index is 0.0624. The lowest BCUT2D eigenvalue weighted by atomic mass is 10.1. The molecule has 5 nitrogen and oxygen atoms in total. The first-order valence-electron chi connectivity index (χ1n) is 6.97. The summed E-state index contributed by atoms with van der Waals surface area (Å²) in [5.41, 5.74) is 2.30. The van der Waals surface area contributed by atoms with E-state index in [4.69, 9.17) is 0 Å². The highest BCUT2D eigenvalue weighted by atomic mass is 79.9. The predicted octanol–water partition coefficient (Wildman–Crippen LogP) is 4.09. The van der Waals surface area contributed by atoms with Crippen LogP contribution in [-0.4, -0.2) is 18.6 Å². The summed E-state index contributed by atoms with van der Waals surface area (Å²) in [6.07, 6.45) is 0. The lowest BCUT2D eigenvalue weighted by molar-refractivity contribution is 0.598. The Bertz CT molecular complexity index is 988. The molecular weight excluding hydrogens is 397 g/mol. The van der Waals surface area contributed by atoms with Crippen LogP contribution in [0.5, 0.6) is 0 Å². The molecule has 1 aromatic heterocycles. The SMILES string of the molecule is Cc1c(NS(=O)(=O)c2ccc(F)cc2Br)n[nH]c1-c1ccccc1. The minimum Gasteiger partial charge on any atom is -0.275 e. The van der Waals surface area contributed by atoms with E-state index in [9.17, 15) is 12.8 Å². The van der Waals surface area contributed by atoms with Crippen LogP contribution in [0.3, 0.4) is 0 Å². The van der Waals surface area contributed by atoms with Crippen LogP contribution in [0.2, 0.25) is 0 Å². The van der Waals surface area contributed by atoms with Gasteiger partial charge in [0.1, 0.15) is 10.7 Å². The summed E-state index contributed by atoms with van der Waals surface area (Å²) in [5, 5.41) is 6.88. The third-order valence-electron chi connectivity index (χ3n) is 3.49. The van der Waals surface area contributed by atoms with E-state index in [1.165, 1.54) is 6.07 Å². The Labute approximate surface area is 147 Å². The van der Waals surface area contributed by atoms with Gasteiger partial charge in [-0.05, 0) is 46.6 Å². The molecule has 0 radical (unpaired) electrons. The lowest BCUT2D eigenvalue weighted by Gasteiger charge is -2.08. The third kappa shape index (κ3) is 3.20. The molecule has 8 heteroatoms. The van der Waals surface area contributed by atoms with Crippen molar-refractivity contribution >= 4 is 31.8 Å². The average Bonchev–Trinajstić information content (AvgIpc) is 2.88. The first kappa shape index (κ1) is 16.7. The van der Waals surface area contributed by atoms with Gasteiger partial charge in [-0.1, -0.05) is 30.3 Å². The van der Waals surface area contributed by atoms with E-state index in [-0.39, 0.29) is 15.2 Å². The van der Waals surface area contributed by atoms with Crippen LogP contribution in [0.4, 0.5) is 10.2 Å². The molecule has 0 aliphatic carbocycles. The number of sulfonamides is 1. The number of benzene rings is 2. The molecule has 0 aliphatic heterocycles. The molecule has 0 amide bonds. The number of nitrogens with zero attached hydrogens (tertiary/aromatic N) is 1. The second-order valence-electron chi connectivity index (χ2n) is 5.12. The van der Waals surface area contributed by atoms with Crippen molar-refractivity contribution in [3.63, 3.8) is 0 Å². The van der Waals surface area contributed by atoms with Crippen LogP contribution in [0.25, 0.3) is 11.3 Å². The van der Waals surface area contributed by atoms with Crippen LogP contribution < -0.4 is 4.72 Å². The van der Waals surface area contributed by atoms with Gasteiger partial charge in [0.2, 0.25) is 0 Å². The Morgan fingerprint density at radius 1 is 1.17 bits per heavy atom. The van der Waals surface area contributed by atoms with Gasteiger partial charge in [-0.15, -0.1) is 0 Å². The molecule has 2 aromatic carbocycles. The van der Waals surface area contributed by atoms with Crippen LogP contribution in [-0.2, 0) is 10.0 Å². The summed E-state index contributed by atoms with van der Waals surface area (Å²) in [5.74, 6) is -0.326. The number of hydrogen-bond donors (Lipinski definition) is 2. The second kappa shape index (κ2) is 6.37. The maximum atomic E-state index is 13.2. The Balaban J connectivity index is 1.95. The molecule has 3 rings (SSSR count). The molecule has 0 aliphatic rings. The van der Waals surface area contributed by atoms with E-state index >= 15 is 0 Å². The number of H-pyrrole nitrogens is 1. The van der Waals surface area contributed by atoms with Crippen molar-refractivity contribution in [2.75, 3.05) is 4.72 Å². The molecule has 124 valence electrons. The second-order valence-corrected chi connectivity index (χ2v) is 7.62. The normalized spacial score (nSPS) is 11.5. The molecule has 0 spiro atoms. The molecule has 0 atom stereocenters. The Kier molecular flexibility index (Phi) is 4.42. The fraction of sp³-hybridized carbons (Fsp3) is 0.0625. The van der Waals surface area contributed by atoms with Gasteiger partial charge in [0, 0.05) is 10.0 Å². The number of anilines is 1. The van der Waals surface area contributed by atoms with E-state index < -0.39 is 15.8 Å². The van der Waals surface area contributed by atoms with Crippen molar-refractivity contribution in [1.29, 1.82) is 0 Å². The molecule has 0 saturated carbocycles. The molecular formula is C16H13BrFN3O2S. The summed E-state index contributed by atoms with van der Waals surface area (Å²) >= 11 is 3.07. The van der Waals surface area contributed by atoms with Gasteiger partial charge >= 0.3 is 0 Å². The van der Waals surface area contributed by atoms with E-state index in [0.29, 0.717) is 5.56 Å². The van der Waals surface area contributed by atoms with Crippen molar-refractivity contribution in [2.24, 2.45) is 0 Å². The fourth-order valence-corrected chi connectivity index (χ4v) is 4.37. The Hall–Kier alpha value is -2.19. The summed E-state index contributed by atoms with van der Waals surface area (Å²) in [6.45, 7) is 1.77. The molecule has 0 bridgehead atoms. The smallest absolute Gasteiger partial charge is 0.264 e. The zero-order valence-corrected chi connectivity index (χ0v) is 14.9. The van der Waals surface area contributed by atoms with Crippen molar-refractivity contribution in [1.82, 2.24) is 10.2 Å². The van der Waals surface area contributed by atoms with Gasteiger partial charge in [0.05, 0.1) is 5.69 Å². The molecule has 1 heterocycles. The molecule has 3 aromatic rings. The van der Waals surface area contributed by atoms with Crippen molar-refractivity contribution in [3.05, 3.63) is 64.4 Å². The van der Waals surface area contributed by atoms with Crippen molar-refractivity contribution in [2.45, 2.75) is 11.8 Å². The molecule has 0 saturated heterocycles. The number of halogens is 2. The predicted molar refractivity (Wildman–Crippen MR) is 93.7 cm³/mol. The summed E-state index contributed by atoms with van der Waals surface area (Å²) in [6, 6.07) is 12.8. The molecule has 0 fully saturated rings. The zero-order chi connectivity index (χ0) is 17.3. The average molecular weight is 410 g/mol. The molecule has 2 N–H and O–H groups in total. The first-order valence-corrected chi connectivity index (χ1v) is 9.24. The van der Waals surface area contributed by atoms with Crippen LogP contribution >= 0.6 is 15.9 Å². The van der Waals surface area contributed by atoms with Gasteiger partial charge in [0.15, 0.2) is 5.82 Å². The number of rotatable bonds is 4. The van der Waals surface area contributed by atoms with E-state index in [0.717, 1.165) is 23.4 Å². The third-order valence-corrected chi connectivity index (χ3v) is 5.80. The highest BCUT2D eigenvalue weighted by Gasteiger charge is 2.21. The number of nitrogens with one attached hydrogen (secondary N) is 2. The van der Waals surface area contributed by atoms with E-state index in [2.05, 4.69) is 30.8 Å². The highest BCUT2D eigenvalue weighted by molar-refractivity contribution is 9.10. The van der Waals surface area contributed by atoms with Gasteiger partial charge < -0.3 is 0 Å². The van der Waals surface area contributed by atoms with Crippen LogP contribution in [0.1, 0.15) is 5.56 Å². The fourth-order valence-electron chi connectivity index (χ4n) is 2.26. The quantitative estimate of drug-likeness (QED) is 0.681. The Morgan fingerprint density at radius 3 is 2.54 bits per heavy atom.